The van der Waals surface area contributed by atoms with E-state index in [1.165, 1.54) is 5.56 Å². The zero-order valence-electron chi connectivity index (χ0n) is 11.3. The van der Waals surface area contributed by atoms with E-state index in [2.05, 4.69) is 44.4 Å². The van der Waals surface area contributed by atoms with Crippen LogP contribution in [0, 0.1) is 12.8 Å². The van der Waals surface area contributed by atoms with Crippen molar-refractivity contribution in [2.75, 3.05) is 7.11 Å². The van der Waals surface area contributed by atoms with Crippen molar-refractivity contribution in [3.63, 3.8) is 0 Å². The number of methoxy groups -OCH3 is 1. The topological polar surface area (TPSA) is 47.3 Å². The maximum absolute atomic E-state index is 5.66. The zero-order valence-corrected chi connectivity index (χ0v) is 11.3. The van der Waals surface area contributed by atoms with E-state index in [0.717, 1.165) is 24.2 Å². The molecule has 0 saturated carbocycles. The van der Waals surface area contributed by atoms with Crippen molar-refractivity contribution in [1.82, 2.24) is 5.43 Å². The fraction of sp³-hybridized carbons (Fsp3) is 0.571. The van der Waals surface area contributed by atoms with Gasteiger partial charge in [0, 0.05) is 11.6 Å². The Morgan fingerprint density at radius 3 is 2.65 bits per heavy atom. The van der Waals surface area contributed by atoms with Crippen LogP contribution in [-0.4, -0.2) is 7.11 Å². The number of nitrogens with one attached hydrogen (secondary N) is 1. The highest BCUT2D eigenvalue weighted by atomic mass is 16.5. The maximum Gasteiger partial charge on any atom is 0.123 e. The second-order valence-electron chi connectivity index (χ2n) is 4.71. The lowest BCUT2D eigenvalue weighted by molar-refractivity contribution is 0.373. The summed E-state index contributed by atoms with van der Waals surface area (Å²) < 4.78 is 5.43. The Labute approximate surface area is 104 Å². The molecule has 0 aliphatic carbocycles. The first kappa shape index (κ1) is 14.0. The summed E-state index contributed by atoms with van der Waals surface area (Å²) in [6, 6.07) is 6.40. The summed E-state index contributed by atoms with van der Waals surface area (Å²) in [6.45, 7) is 6.50. The Hall–Kier alpha value is -1.06. The Morgan fingerprint density at radius 2 is 2.12 bits per heavy atom. The van der Waals surface area contributed by atoms with Gasteiger partial charge < -0.3 is 4.74 Å². The number of aryl methyl sites for hydroxylation is 1. The lowest BCUT2D eigenvalue weighted by atomic mass is 9.93. The van der Waals surface area contributed by atoms with Crippen LogP contribution in [0.5, 0.6) is 5.75 Å². The average Bonchev–Trinajstić information content (AvgIpc) is 2.35. The quantitative estimate of drug-likeness (QED) is 0.589. The first-order chi connectivity index (χ1) is 8.12. The summed E-state index contributed by atoms with van der Waals surface area (Å²) in [5, 5.41) is 0. The molecule has 0 amide bonds. The summed E-state index contributed by atoms with van der Waals surface area (Å²) in [5.74, 6) is 7.22. The molecule has 1 aromatic carbocycles. The van der Waals surface area contributed by atoms with Crippen molar-refractivity contribution in [3.05, 3.63) is 29.3 Å². The van der Waals surface area contributed by atoms with Crippen molar-refractivity contribution in [1.29, 1.82) is 0 Å². The van der Waals surface area contributed by atoms with Gasteiger partial charge in [-0.25, -0.2) is 0 Å². The smallest absolute Gasteiger partial charge is 0.123 e. The molecule has 0 aliphatic heterocycles. The molecule has 0 spiro atoms. The molecule has 96 valence electrons. The first-order valence-corrected chi connectivity index (χ1v) is 6.23. The third kappa shape index (κ3) is 3.72. The van der Waals surface area contributed by atoms with Gasteiger partial charge in [-0.2, -0.15) is 0 Å². The Bertz CT molecular complexity index is 352. The molecule has 1 rings (SSSR count). The lowest BCUT2D eigenvalue weighted by Crippen LogP contribution is -2.29. The van der Waals surface area contributed by atoms with Gasteiger partial charge in [-0.1, -0.05) is 32.4 Å². The molecule has 0 aliphatic rings. The SMILES string of the molecule is CCC(C)CC(NN)c1ccc(C)cc1OC. The molecule has 17 heavy (non-hydrogen) atoms. The van der Waals surface area contributed by atoms with Crippen LogP contribution in [0.2, 0.25) is 0 Å². The predicted octanol–water partition coefficient (Wildman–Crippen LogP) is 2.94. The monoisotopic (exact) mass is 236 g/mol. The molecule has 2 atom stereocenters. The van der Waals surface area contributed by atoms with Gasteiger partial charge in [0.05, 0.1) is 7.11 Å². The number of hydrazine groups is 1. The number of nitrogens with two attached hydrogens (primary N) is 1. The minimum Gasteiger partial charge on any atom is -0.496 e. The van der Waals surface area contributed by atoms with E-state index in [0.29, 0.717) is 5.92 Å². The van der Waals surface area contributed by atoms with E-state index < -0.39 is 0 Å². The standard InChI is InChI=1S/C14H24N2O/c1-5-10(2)8-13(16-15)12-7-6-11(3)9-14(12)17-4/h6-7,9-10,13,16H,5,8,15H2,1-4H3. The van der Waals surface area contributed by atoms with Crippen LogP contribution in [0.15, 0.2) is 18.2 Å². The highest BCUT2D eigenvalue weighted by Crippen LogP contribution is 2.30. The van der Waals surface area contributed by atoms with Crippen LogP contribution >= 0.6 is 0 Å². The van der Waals surface area contributed by atoms with Crippen LogP contribution in [0.4, 0.5) is 0 Å². The van der Waals surface area contributed by atoms with E-state index in [1.807, 2.05) is 0 Å². The average molecular weight is 236 g/mol. The largest absolute Gasteiger partial charge is 0.496 e. The van der Waals surface area contributed by atoms with Gasteiger partial charge in [-0.3, -0.25) is 11.3 Å². The molecule has 0 radical (unpaired) electrons. The number of rotatable bonds is 6. The third-order valence-electron chi connectivity index (χ3n) is 3.30. The van der Waals surface area contributed by atoms with Crippen LogP contribution in [0.25, 0.3) is 0 Å². The van der Waals surface area contributed by atoms with Crippen molar-refractivity contribution in [3.8, 4) is 5.75 Å². The fourth-order valence-electron chi connectivity index (χ4n) is 1.96. The molecular weight excluding hydrogens is 212 g/mol. The highest BCUT2D eigenvalue weighted by Gasteiger charge is 2.17. The summed E-state index contributed by atoms with van der Waals surface area (Å²) in [4.78, 5) is 0. The van der Waals surface area contributed by atoms with Crippen LogP contribution in [0.1, 0.15) is 43.9 Å². The van der Waals surface area contributed by atoms with E-state index >= 15 is 0 Å². The van der Waals surface area contributed by atoms with Gasteiger partial charge in [0.15, 0.2) is 0 Å². The van der Waals surface area contributed by atoms with Crippen LogP contribution in [0.3, 0.4) is 0 Å². The second-order valence-corrected chi connectivity index (χ2v) is 4.71. The second kappa shape index (κ2) is 6.62. The number of hydrogen-bond donors (Lipinski definition) is 2. The molecule has 3 N–H and O–H groups in total. The van der Waals surface area contributed by atoms with Crippen LogP contribution in [-0.2, 0) is 0 Å². The zero-order chi connectivity index (χ0) is 12.8. The third-order valence-corrected chi connectivity index (χ3v) is 3.30. The van der Waals surface area contributed by atoms with Crippen molar-refractivity contribution < 1.29 is 4.74 Å². The normalized spacial score (nSPS) is 14.4. The van der Waals surface area contributed by atoms with Gasteiger partial charge in [-0.15, -0.1) is 0 Å². The molecule has 0 heterocycles. The Morgan fingerprint density at radius 1 is 1.41 bits per heavy atom. The van der Waals surface area contributed by atoms with Crippen molar-refractivity contribution in [2.45, 2.75) is 39.7 Å². The molecule has 0 fully saturated rings. The molecule has 0 saturated heterocycles. The van der Waals surface area contributed by atoms with Gasteiger partial charge in [0.25, 0.3) is 0 Å². The maximum atomic E-state index is 5.66. The molecule has 3 nitrogen and oxygen atoms in total. The first-order valence-electron chi connectivity index (χ1n) is 6.23. The molecule has 1 aromatic rings. The summed E-state index contributed by atoms with van der Waals surface area (Å²) in [7, 11) is 1.70. The minimum atomic E-state index is 0.153. The molecule has 3 heteroatoms. The Balaban J connectivity index is 2.94. The number of hydrogen-bond acceptors (Lipinski definition) is 3. The number of ether oxygens (including phenoxy) is 1. The highest BCUT2D eigenvalue weighted by molar-refractivity contribution is 5.39. The minimum absolute atomic E-state index is 0.153. The van der Waals surface area contributed by atoms with E-state index in [1.54, 1.807) is 7.11 Å². The fourth-order valence-corrected chi connectivity index (χ4v) is 1.96. The lowest BCUT2D eigenvalue weighted by Gasteiger charge is -2.22. The van der Waals surface area contributed by atoms with Gasteiger partial charge in [0.1, 0.15) is 5.75 Å². The summed E-state index contributed by atoms with van der Waals surface area (Å²) >= 11 is 0. The Kier molecular flexibility index (Phi) is 5.45. The molecular formula is C14H24N2O. The molecule has 0 aromatic heterocycles. The number of benzene rings is 1. The van der Waals surface area contributed by atoms with E-state index in [-0.39, 0.29) is 6.04 Å². The van der Waals surface area contributed by atoms with Gasteiger partial charge in [0.2, 0.25) is 0 Å². The van der Waals surface area contributed by atoms with Crippen molar-refractivity contribution in [2.24, 2.45) is 11.8 Å². The molecule has 2 unspecified atom stereocenters. The summed E-state index contributed by atoms with van der Waals surface area (Å²) in [5.41, 5.74) is 5.24. The van der Waals surface area contributed by atoms with Gasteiger partial charge >= 0.3 is 0 Å². The predicted molar refractivity (Wildman–Crippen MR) is 71.9 cm³/mol. The van der Waals surface area contributed by atoms with Gasteiger partial charge in [-0.05, 0) is 30.9 Å². The summed E-state index contributed by atoms with van der Waals surface area (Å²) in [6.07, 6.45) is 2.18. The molecule has 0 bridgehead atoms. The van der Waals surface area contributed by atoms with Crippen LogP contribution < -0.4 is 16.0 Å². The van der Waals surface area contributed by atoms with Crippen molar-refractivity contribution >= 4 is 0 Å². The van der Waals surface area contributed by atoms with E-state index in [9.17, 15) is 0 Å². The van der Waals surface area contributed by atoms with E-state index in [4.69, 9.17) is 10.6 Å².